The van der Waals surface area contributed by atoms with Crippen molar-refractivity contribution in [3.63, 3.8) is 0 Å². The first-order valence-corrected chi connectivity index (χ1v) is 5.58. The fourth-order valence-corrected chi connectivity index (χ4v) is 1.82. The van der Waals surface area contributed by atoms with Crippen LogP contribution in [0.3, 0.4) is 0 Å². The molecule has 0 atom stereocenters. The maximum Gasteiger partial charge on any atom is 0.124 e. The molecule has 0 aliphatic carbocycles. The zero-order valence-electron chi connectivity index (χ0n) is 8.67. The minimum absolute atomic E-state index is 0.179. The largest absolute Gasteiger partial charge is 0.507 e. The number of hydrogen-bond donors (Lipinski definition) is 1. The van der Waals surface area contributed by atoms with Crippen LogP contribution in [-0.2, 0) is 0 Å². The van der Waals surface area contributed by atoms with E-state index in [-0.39, 0.29) is 5.75 Å². The van der Waals surface area contributed by atoms with Gasteiger partial charge in [-0.3, -0.25) is 0 Å². The molecular formula is C13H10Cl2O. The molecule has 0 amide bonds. The quantitative estimate of drug-likeness (QED) is 0.782. The Bertz CT molecular complexity index is 518. The first-order chi connectivity index (χ1) is 7.58. The van der Waals surface area contributed by atoms with E-state index in [1.165, 1.54) is 0 Å². The highest BCUT2D eigenvalue weighted by Gasteiger charge is 2.07. The Labute approximate surface area is 104 Å². The number of phenols is 1. The van der Waals surface area contributed by atoms with E-state index in [0.717, 1.165) is 16.7 Å². The molecule has 0 spiro atoms. The summed E-state index contributed by atoms with van der Waals surface area (Å²) in [6.07, 6.45) is 0. The molecule has 0 unspecified atom stereocenters. The van der Waals surface area contributed by atoms with E-state index < -0.39 is 0 Å². The molecule has 0 radical (unpaired) electrons. The number of phenolic OH excluding ortho intramolecular Hbond substituents is 1. The summed E-state index contributed by atoms with van der Waals surface area (Å²) >= 11 is 11.7. The van der Waals surface area contributed by atoms with Gasteiger partial charge in [0.05, 0.1) is 0 Å². The van der Waals surface area contributed by atoms with Crippen LogP contribution in [0.15, 0.2) is 36.4 Å². The van der Waals surface area contributed by atoms with Crippen molar-refractivity contribution in [3.05, 3.63) is 52.0 Å². The smallest absolute Gasteiger partial charge is 0.124 e. The van der Waals surface area contributed by atoms with E-state index in [1.807, 2.05) is 25.1 Å². The predicted octanol–water partition coefficient (Wildman–Crippen LogP) is 4.67. The molecule has 1 N–H and O–H groups in total. The van der Waals surface area contributed by atoms with Crippen molar-refractivity contribution >= 4 is 23.2 Å². The Morgan fingerprint density at radius 2 is 1.62 bits per heavy atom. The van der Waals surface area contributed by atoms with Crippen LogP contribution in [0.5, 0.6) is 5.75 Å². The maximum atomic E-state index is 9.82. The Morgan fingerprint density at radius 3 is 2.25 bits per heavy atom. The molecule has 16 heavy (non-hydrogen) atoms. The first-order valence-electron chi connectivity index (χ1n) is 4.83. The minimum Gasteiger partial charge on any atom is -0.507 e. The van der Waals surface area contributed by atoms with Gasteiger partial charge in [0.25, 0.3) is 0 Å². The van der Waals surface area contributed by atoms with Crippen LogP contribution < -0.4 is 0 Å². The van der Waals surface area contributed by atoms with Crippen molar-refractivity contribution < 1.29 is 5.11 Å². The second-order valence-corrected chi connectivity index (χ2v) is 4.47. The lowest BCUT2D eigenvalue weighted by molar-refractivity contribution is 0.477. The van der Waals surface area contributed by atoms with Gasteiger partial charge in [0, 0.05) is 15.6 Å². The van der Waals surface area contributed by atoms with E-state index in [9.17, 15) is 5.11 Å². The van der Waals surface area contributed by atoms with E-state index in [4.69, 9.17) is 23.2 Å². The molecule has 0 aliphatic rings. The molecule has 3 heteroatoms. The Hall–Kier alpha value is -1.18. The Morgan fingerprint density at radius 1 is 1.00 bits per heavy atom. The lowest BCUT2D eigenvalue weighted by Gasteiger charge is -2.07. The Balaban J connectivity index is 2.56. The normalized spacial score (nSPS) is 10.4. The van der Waals surface area contributed by atoms with Crippen molar-refractivity contribution in [2.45, 2.75) is 6.92 Å². The fourth-order valence-electron chi connectivity index (χ4n) is 1.53. The average molecular weight is 253 g/mol. The van der Waals surface area contributed by atoms with Crippen molar-refractivity contribution in [2.24, 2.45) is 0 Å². The van der Waals surface area contributed by atoms with Crippen LogP contribution in [-0.4, -0.2) is 5.11 Å². The molecule has 0 fully saturated rings. The zero-order valence-corrected chi connectivity index (χ0v) is 10.2. The van der Waals surface area contributed by atoms with Gasteiger partial charge in [0.1, 0.15) is 5.75 Å². The van der Waals surface area contributed by atoms with E-state index in [1.54, 1.807) is 18.2 Å². The van der Waals surface area contributed by atoms with Gasteiger partial charge in [-0.2, -0.15) is 0 Å². The van der Waals surface area contributed by atoms with E-state index >= 15 is 0 Å². The number of halogens is 2. The summed E-state index contributed by atoms with van der Waals surface area (Å²) in [6, 6.07) is 10.7. The Kier molecular flexibility index (Phi) is 3.08. The second-order valence-electron chi connectivity index (χ2n) is 3.63. The van der Waals surface area contributed by atoms with Gasteiger partial charge < -0.3 is 5.11 Å². The highest BCUT2D eigenvalue weighted by Crippen LogP contribution is 2.34. The predicted molar refractivity (Wildman–Crippen MR) is 68.3 cm³/mol. The monoisotopic (exact) mass is 252 g/mol. The van der Waals surface area contributed by atoms with Crippen LogP contribution in [0, 0.1) is 6.92 Å². The molecule has 2 aromatic rings. The van der Waals surface area contributed by atoms with Crippen molar-refractivity contribution in [1.29, 1.82) is 0 Å². The summed E-state index contributed by atoms with van der Waals surface area (Å²) in [4.78, 5) is 0. The second kappa shape index (κ2) is 4.36. The topological polar surface area (TPSA) is 20.2 Å². The van der Waals surface area contributed by atoms with Gasteiger partial charge in [-0.1, -0.05) is 35.3 Å². The number of hydrogen-bond acceptors (Lipinski definition) is 1. The van der Waals surface area contributed by atoms with Gasteiger partial charge >= 0.3 is 0 Å². The number of rotatable bonds is 1. The third-order valence-corrected chi connectivity index (χ3v) is 3.09. The lowest BCUT2D eigenvalue weighted by Crippen LogP contribution is -1.82. The molecule has 82 valence electrons. The van der Waals surface area contributed by atoms with Gasteiger partial charge in [-0.05, 0) is 42.3 Å². The molecule has 0 bridgehead atoms. The van der Waals surface area contributed by atoms with Crippen LogP contribution in [0.2, 0.25) is 10.0 Å². The molecular weight excluding hydrogens is 243 g/mol. The first kappa shape index (κ1) is 11.3. The molecule has 0 aliphatic heterocycles. The molecule has 0 saturated carbocycles. The average Bonchev–Trinajstić information content (AvgIpc) is 2.25. The summed E-state index contributed by atoms with van der Waals surface area (Å²) in [5.41, 5.74) is 2.62. The lowest BCUT2D eigenvalue weighted by atomic mass is 10.0. The van der Waals surface area contributed by atoms with Crippen molar-refractivity contribution in [1.82, 2.24) is 0 Å². The van der Waals surface area contributed by atoms with Crippen LogP contribution in [0.4, 0.5) is 0 Å². The summed E-state index contributed by atoms with van der Waals surface area (Å²) < 4.78 is 0. The molecule has 1 nitrogen and oxygen atoms in total. The third kappa shape index (κ3) is 2.16. The maximum absolute atomic E-state index is 9.82. The van der Waals surface area contributed by atoms with Crippen molar-refractivity contribution in [2.75, 3.05) is 0 Å². The summed E-state index contributed by atoms with van der Waals surface area (Å²) in [7, 11) is 0. The number of benzene rings is 2. The third-order valence-electron chi connectivity index (χ3n) is 2.43. The minimum atomic E-state index is 0.179. The van der Waals surface area contributed by atoms with Gasteiger partial charge in [0.15, 0.2) is 0 Å². The van der Waals surface area contributed by atoms with E-state index in [2.05, 4.69) is 0 Å². The van der Waals surface area contributed by atoms with Crippen molar-refractivity contribution in [3.8, 4) is 16.9 Å². The standard InChI is InChI=1S/C13H10Cl2O/c1-8-6-11(13(16)7-12(8)15)9-2-4-10(14)5-3-9/h2-7,16H,1H3. The summed E-state index contributed by atoms with van der Waals surface area (Å²) in [6.45, 7) is 1.90. The van der Waals surface area contributed by atoms with Gasteiger partial charge in [0.2, 0.25) is 0 Å². The molecule has 0 aromatic heterocycles. The number of aromatic hydroxyl groups is 1. The van der Waals surface area contributed by atoms with Crippen LogP contribution in [0.25, 0.3) is 11.1 Å². The molecule has 2 aromatic carbocycles. The molecule has 2 rings (SSSR count). The fraction of sp³-hybridized carbons (Fsp3) is 0.0769. The van der Waals surface area contributed by atoms with Crippen LogP contribution in [0.1, 0.15) is 5.56 Å². The highest BCUT2D eigenvalue weighted by atomic mass is 35.5. The van der Waals surface area contributed by atoms with E-state index in [0.29, 0.717) is 10.0 Å². The summed E-state index contributed by atoms with van der Waals surface area (Å²) in [5.74, 6) is 0.179. The van der Waals surface area contributed by atoms with Gasteiger partial charge in [-0.25, -0.2) is 0 Å². The molecule has 0 saturated heterocycles. The van der Waals surface area contributed by atoms with Gasteiger partial charge in [-0.15, -0.1) is 0 Å². The summed E-state index contributed by atoms with van der Waals surface area (Å²) in [5, 5.41) is 11.1. The highest BCUT2D eigenvalue weighted by molar-refractivity contribution is 6.31. The van der Waals surface area contributed by atoms with Crippen LogP contribution >= 0.6 is 23.2 Å². The number of aryl methyl sites for hydroxylation is 1. The molecule has 0 heterocycles. The SMILES string of the molecule is Cc1cc(-c2ccc(Cl)cc2)c(O)cc1Cl. The zero-order chi connectivity index (χ0) is 11.7.